The van der Waals surface area contributed by atoms with Crippen molar-refractivity contribution in [2.45, 2.75) is 0 Å². The third-order valence-electron chi connectivity index (χ3n) is 3.48. The second kappa shape index (κ2) is 11.1. The van der Waals surface area contributed by atoms with Gasteiger partial charge in [0.05, 0.1) is 50.7 Å². The first-order valence-electron chi connectivity index (χ1n) is 7.92. The van der Waals surface area contributed by atoms with Gasteiger partial charge in [0.1, 0.15) is 0 Å². The van der Waals surface area contributed by atoms with Crippen LogP contribution in [0.3, 0.4) is 0 Å². The molecule has 8 nitrogen and oxygen atoms in total. The lowest BCUT2D eigenvalue weighted by atomic mass is 10.1. The monoisotopic (exact) mass is 388 g/mol. The summed E-state index contributed by atoms with van der Waals surface area (Å²) in [5.41, 5.74) is 0.840. The Morgan fingerprint density at radius 1 is 0.464 bits per heavy atom. The van der Waals surface area contributed by atoms with Gasteiger partial charge in [0.15, 0.2) is 0 Å². The Bertz CT molecular complexity index is 715. The summed E-state index contributed by atoms with van der Waals surface area (Å²) in [5.74, 6) is -2.20. The third kappa shape index (κ3) is 5.66. The maximum absolute atomic E-state index is 11.2. The van der Waals surface area contributed by atoms with Gasteiger partial charge in [-0.05, 0) is 24.3 Å². The molecule has 0 amide bonds. The van der Waals surface area contributed by atoms with E-state index in [0.29, 0.717) is 0 Å². The van der Waals surface area contributed by atoms with E-state index in [1.54, 1.807) is 24.3 Å². The van der Waals surface area contributed by atoms with Gasteiger partial charge in [-0.3, -0.25) is 0 Å². The molecule has 0 aliphatic carbocycles. The summed E-state index contributed by atoms with van der Waals surface area (Å²) < 4.78 is 18.1. The maximum atomic E-state index is 11.2. The first-order chi connectivity index (χ1) is 13.4. The highest BCUT2D eigenvalue weighted by Crippen LogP contribution is 2.11. The van der Waals surface area contributed by atoms with Crippen molar-refractivity contribution < 1.29 is 38.1 Å². The molecule has 0 saturated heterocycles. The van der Waals surface area contributed by atoms with E-state index in [1.165, 1.54) is 52.7 Å². The Morgan fingerprint density at radius 3 is 0.786 bits per heavy atom. The Balaban J connectivity index is 0.000000280. The van der Waals surface area contributed by atoms with Crippen LogP contribution >= 0.6 is 0 Å². The Kier molecular flexibility index (Phi) is 8.88. The van der Waals surface area contributed by atoms with Gasteiger partial charge in [0, 0.05) is 0 Å². The molecule has 0 aliphatic rings. The molecule has 0 bridgehead atoms. The smallest absolute Gasteiger partial charge is 0.338 e. The molecule has 8 heteroatoms. The molecule has 0 atom stereocenters. The zero-order chi connectivity index (χ0) is 21.1. The van der Waals surface area contributed by atoms with Gasteiger partial charge in [-0.15, -0.1) is 0 Å². The largest absolute Gasteiger partial charge is 0.465 e. The fourth-order valence-electron chi connectivity index (χ4n) is 2.12. The van der Waals surface area contributed by atoms with E-state index in [-0.39, 0.29) is 22.3 Å². The van der Waals surface area contributed by atoms with E-state index >= 15 is 0 Å². The topological polar surface area (TPSA) is 105 Å². The van der Waals surface area contributed by atoms with Gasteiger partial charge in [0.2, 0.25) is 0 Å². The van der Waals surface area contributed by atoms with Crippen LogP contribution in [0.15, 0.2) is 48.5 Å². The van der Waals surface area contributed by atoms with Crippen molar-refractivity contribution in [1.82, 2.24) is 0 Å². The predicted molar refractivity (Wildman–Crippen MR) is 98.2 cm³/mol. The van der Waals surface area contributed by atoms with Crippen molar-refractivity contribution in [2.24, 2.45) is 0 Å². The van der Waals surface area contributed by atoms with Crippen LogP contribution < -0.4 is 0 Å². The molecule has 0 heterocycles. The van der Waals surface area contributed by atoms with E-state index in [9.17, 15) is 19.2 Å². The highest BCUT2D eigenvalue weighted by atomic mass is 16.5. The van der Waals surface area contributed by atoms with Crippen molar-refractivity contribution in [2.75, 3.05) is 28.4 Å². The third-order valence-corrected chi connectivity index (χ3v) is 3.48. The van der Waals surface area contributed by atoms with Gasteiger partial charge in [-0.1, -0.05) is 24.3 Å². The summed E-state index contributed by atoms with van der Waals surface area (Å²) in [5, 5.41) is 0. The predicted octanol–water partition coefficient (Wildman–Crippen LogP) is 2.52. The van der Waals surface area contributed by atoms with E-state index in [0.717, 1.165) is 0 Å². The van der Waals surface area contributed by atoms with E-state index in [4.69, 9.17) is 0 Å². The lowest BCUT2D eigenvalue weighted by Gasteiger charge is -2.04. The molecule has 0 spiro atoms. The molecule has 0 saturated carbocycles. The van der Waals surface area contributed by atoms with Gasteiger partial charge < -0.3 is 18.9 Å². The van der Waals surface area contributed by atoms with Crippen LogP contribution in [0.5, 0.6) is 0 Å². The first-order valence-corrected chi connectivity index (χ1v) is 7.92. The second-order valence-electron chi connectivity index (χ2n) is 5.06. The molecule has 0 fully saturated rings. The zero-order valence-electron chi connectivity index (χ0n) is 15.9. The summed E-state index contributed by atoms with van der Waals surface area (Å²) in [6.45, 7) is 0. The Morgan fingerprint density at radius 2 is 0.643 bits per heavy atom. The van der Waals surface area contributed by atoms with Crippen LogP contribution in [0, 0.1) is 0 Å². The van der Waals surface area contributed by atoms with Crippen molar-refractivity contribution in [3.8, 4) is 0 Å². The standard InChI is InChI=1S/2C10H10O4/c2*1-13-9(11)7-5-3-4-6-8(7)10(12)14-2/h2*3-6H,1-2H3. The van der Waals surface area contributed by atoms with Crippen LogP contribution in [0.4, 0.5) is 0 Å². The summed E-state index contributed by atoms with van der Waals surface area (Å²) in [4.78, 5) is 44.9. The Labute approximate surface area is 162 Å². The SMILES string of the molecule is COC(=O)c1ccccc1C(=O)OC.COC(=O)c1ccccc1C(=O)OC. The summed E-state index contributed by atoms with van der Waals surface area (Å²) in [7, 11) is 5.04. The average molecular weight is 388 g/mol. The summed E-state index contributed by atoms with van der Waals surface area (Å²) >= 11 is 0. The number of hydrogen-bond donors (Lipinski definition) is 0. The van der Waals surface area contributed by atoms with Gasteiger partial charge >= 0.3 is 23.9 Å². The number of rotatable bonds is 4. The van der Waals surface area contributed by atoms with Crippen LogP contribution in [-0.4, -0.2) is 52.3 Å². The van der Waals surface area contributed by atoms with E-state index < -0.39 is 23.9 Å². The zero-order valence-corrected chi connectivity index (χ0v) is 15.9. The van der Waals surface area contributed by atoms with Crippen molar-refractivity contribution in [1.29, 1.82) is 0 Å². The van der Waals surface area contributed by atoms with E-state index in [2.05, 4.69) is 18.9 Å². The van der Waals surface area contributed by atoms with Crippen LogP contribution in [0.2, 0.25) is 0 Å². The summed E-state index contributed by atoms with van der Waals surface area (Å²) in [6, 6.07) is 12.7. The molecular weight excluding hydrogens is 368 g/mol. The minimum absolute atomic E-state index is 0.210. The van der Waals surface area contributed by atoms with E-state index in [1.807, 2.05) is 0 Å². The molecule has 2 aromatic rings. The molecule has 0 aliphatic heterocycles. The number of carbonyl (C=O) groups is 4. The lowest BCUT2D eigenvalue weighted by molar-refractivity contribution is 0.0555. The minimum atomic E-state index is -0.550. The fraction of sp³-hybridized carbons (Fsp3) is 0.200. The number of hydrogen-bond acceptors (Lipinski definition) is 8. The van der Waals surface area contributed by atoms with Gasteiger partial charge in [-0.25, -0.2) is 19.2 Å². The molecule has 2 rings (SSSR count). The maximum Gasteiger partial charge on any atom is 0.338 e. The Hall–Kier alpha value is -3.68. The highest BCUT2D eigenvalue weighted by molar-refractivity contribution is 6.03. The quantitative estimate of drug-likeness (QED) is 0.581. The highest BCUT2D eigenvalue weighted by Gasteiger charge is 2.17. The summed E-state index contributed by atoms with van der Waals surface area (Å²) in [6.07, 6.45) is 0. The van der Waals surface area contributed by atoms with Crippen LogP contribution in [0.25, 0.3) is 0 Å². The van der Waals surface area contributed by atoms with Crippen LogP contribution in [-0.2, 0) is 18.9 Å². The number of carbonyl (C=O) groups excluding carboxylic acids is 4. The molecular formula is C20H20O8. The molecule has 2 aromatic carbocycles. The lowest BCUT2D eigenvalue weighted by Crippen LogP contribution is -2.11. The molecule has 0 radical (unpaired) electrons. The van der Waals surface area contributed by atoms with Crippen molar-refractivity contribution >= 4 is 23.9 Å². The minimum Gasteiger partial charge on any atom is -0.465 e. The van der Waals surface area contributed by atoms with Crippen LogP contribution in [0.1, 0.15) is 41.4 Å². The second-order valence-corrected chi connectivity index (χ2v) is 5.06. The average Bonchev–Trinajstić information content (AvgIpc) is 2.77. The molecule has 0 aromatic heterocycles. The van der Waals surface area contributed by atoms with Crippen molar-refractivity contribution in [3.63, 3.8) is 0 Å². The molecule has 0 N–H and O–H groups in total. The first kappa shape index (κ1) is 22.4. The number of ether oxygens (including phenoxy) is 4. The molecule has 0 unspecified atom stereocenters. The number of methoxy groups -OCH3 is 4. The van der Waals surface area contributed by atoms with Crippen molar-refractivity contribution in [3.05, 3.63) is 70.8 Å². The molecule has 148 valence electrons. The number of benzene rings is 2. The number of esters is 4. The van der Waals surface area contributed by atoms with Gasteiger partial charge in [-0.2, -0.15) is 0 Å². The fourth-order valence-corrected chi connectivity index (χ4v) is 2.12. The van der Waals surface area contributed by atoms with Gasteiger partial charge in [0.25, 0.3) is 0 Å². The molecule has 28 heavy (non-hydrogen) atoms. The normalized spacial score (nSPS) is 9.29.